The van der Waals surface area contributed by atoms with Gasteiger partial charge in [-0.3, -0.25) is 14.6 Å². The Morgan fingerprint density at radius 2 is 2.13 bits per heavy atom. The lowest BCUT2D eigenvalue weighted by atomic mass is 10.0. The SMILES string of the molecule is CCc1cc(-c2cncc(C(=O)NC[C@@H](C)O)c2)c(C)[nH]c1=O. The third-order valence-corrected chi connectivity index (χ3v) is 3.57. The van der Waals surface area contributed by atoms with Crippen molar-refractivity contribution in [1.29, 1.82) is 0 Å². The summed E-state index contributed by atoms with van der Waals surface area (Å²) in [4.78, 5) is 30.8. The zero-order valence-electron chi connectivity index (χ0n) is 13.5. The van der Waals surface area contributed by atoms with E-state index in [2.05, 4.69) is 15.3 Å². The van der Waals surface area contributed by atoms with Crippen LogP contribution < -0.4 is 10.9 Å². The normalized spacial score (nSPS) is 12.0. The highest BCUT2D eigenvalue weighted by molar-refractivity contribution is 5.95. The number of aliphatic hydroxyl groups is 1. The topological polar surface area (TPSA) is 95.1 Å². The summed E-state index contributed by atoms with van der Waals surface area (Å²) >= 11 is 0. The number of nitrogens with zero attached hydrogens (tertiary/aromatic N) is 1. The van der Waals surface area contributed by atoms with Gasteiger partial charge in [-0.1, -0.05) is 6.92 Å². The molecule has 0 aromatic carbocycles. The number of pyridine rings is 2. The van der Waals surface area contributed by atoms with Gasteiger partial charge < -0.3 is 15.4 Å². The first-order chi connectivity index (χ1) is 10.9. The average molecular weight is 315 g/mol. The van der Waals surface area contributed by atoms with E-state index in [9.17, 15) is 14.7 Å². The molecule has 0 radical (unpaired) electrons. The van der Waals surface area contributed by atoms with Crippen LogP contribution in [0.1, 0.15) is 35.5 Å². The van der Waals surface area contributed by atoms with Crippen molar-refractivity contribution in [1.82, 2.24) is 15.3 Å². The number of aromatic amines is 1. The van der Waals surface area contributed by atoms with Gasteiger partial charge >= 0.3 is 0 Å². The van der Waals surface area contributed by atoms with Gasteiger partial charge in [0, 0.05) is 41.3 Å². The van der Waals surface area contributed by atoms with Crippen molar-refractivity contribution in [2.75, 3.05) is 6.54 Å². The number of hydrogen-bond donors (Lipinski definition) is 3. The van der Waals surface area contributed by atoms with E-state index in [0.717, 1.165) is 16.8 Å². The quantitative estimate of drug-likeness (QED) is 0.777. The Kier molecular flexibility index (Phi) is 5.28. The molecule has 0 bridgehead atoms. The first-order valence-electron chi connectivity index (χ1n) is 7.56. The number of amides is 1. The van der Waals surface area contributed by atoms with Gasteiger partial charge in [-0.15, -0.1) is 0 Å². The fourth-order valence-corrected chi connectivity index (χ4v) is 2.28. The van der Waals surface area contributed by atoms with E-state index in [0.29, 0.717) is 17.5 Å². The average Bonchev–Trinajstić information content (AvgIpc) is 2.53. The van der Waals surface area contributed by atoms with E-state index in [4.69, 9.17) is 0 Å². The predicted octanol–water partition coefficient (Wildman–Crippen LogP) is 1.42. The van der Waals surface area contributed by atoms with Crippen molar-refractivity contribution in [3.05, 3.63) is 51.7 Å². The number of rotatable bonds is 5. The number of carbonyl (C=O) groups is 1. The third kappa shape index (κ3) is 4.04. The Morgan fingerprint density at radius 1 is 1.39 bits per heavy atom. The van der Waals surface area contributed by atoms with Crippen LogP contribution >= 0.6 is 0 Å². The zero-order valence-corrected chi connectivity index (χ0v) is 13.5. The van der Waals surface area contributed by atoms with Gasteiger partial charge in [0.05, 0.1) is 11.7 Å². The van der Waals surface area contributed by atoms with Gasteiger partial charge in [0.25, 0.3) is 11.5 Å². The van der Waals surface area contributed by atoms with Gasteiger partial charge in [-0.25, -0.2) is 0 Å². The summed E-state index contributed by atoms with van der Waals surface area (Å²) in [6.45, 7) is 5.52. The maximum absolute atomic E-state index is 12.1. The van der Waals surface area contributed by atoms with Gasteiger partial charge in [0.1, 0.15) is 0 Å². The smallest absolute Gasteiger partial charge is 0.252 e. The molecule has 0 aliphatic rings. The summed E-state index contributed by atoms with van der Waals surface area (Å²) in [5.74, 6) is -0.293. The largest absolute Gasteiger partial charge is 0.392 e. The van der Waals surface area contributed by atoms with Crippen molar-refractivity contribution in [3.63, 3.8) is 0 Å². The van der Waals surface area contributed by atoms with Crippen LogP contribution in [0.3, 0.4) is 0 Å². The molecule has 23 heavy (non-hydrogen) atoms. The molecule has 3 N–H and O–H groups in total. The minimum absolute atomic E-state index is 0.0902. The van der Waals surface area contributed by atoms with Crippen LogP contribution in [-0.4, -0.2) is 33.6 Å². The van der Waals surface area contributed by atoms with Gasteiger partial charge in [0.2, 0.25) is 0 Å². The van der Waals surface area contributed by atoms with Gasteiger partial charge in [-0.2, -0.15) is 0 Å². The Morgan fingerprint density at radius 3 is 2.78 bits per heavy atom. The van der Waals surface area contributed by atoms with E-state index in [1.807, 2.05) is 19.9 Å². The molecular weight excluding hydrogens is 294 g/mol. The summed E-state index contributed by atoms with van der Waals surface area (Å²) in [5, 5.41) is 11.9. The molecule has 1 amide bonds. The highest BCUT2D eigenvalue weighted by Crippen LogP contribution is 2.22. The summed E-state index contributed by atoms with van der Waals surface area (Å²) in [7, 11) is 0. The van der Waals surface area contributed by atoms with Crippen LogP contribution in [0.25, 0.3) is 11.1 Å². The Labute approximate surface area is 134 Å². The van der Waals surface area contributed by atoms with Crippen molar-refractivity contribution in [2.24, 2.45) is 0 Å². The monoisotopic (exact) mass is 315 g/mol. The molecule has 0 unspecified atom stereocenters. The van der Waals surface area contributed by atoms with E-state index < -0.39 is 6.10 Å². The maximum atomic E-state index is 12.1. The highest BCUT2D eigenvalue weighted by Gasteiger charge is 2.11. The lowest BCUT2D eigenvalue weighted by Gasteiger charge is -2.10. The second kappa shape index (κ2) is 7.19. The molecule has 2 rings (SSSR count). The van der Waals surface area contributed by atoms with Crippen molar-refractivity contribution in [3.8, 4) is 11.1 Å². The van der Waals surface area contributed by atoms with Gasteiger partial charge in [0.15, 0.2) is 0 Å². The summed E-state index contributed by atoms with van der Waals surface area (Å²) < 4.78 is 0. The summed E-state index contributed by atoms with van der Waals surface area (Å²) in [6.07, 6.45) is 3.15. The third-order valence-electron chi connectivity index (χ3n) is 3.57. The van der Waals surface area contributed by atoms with E-state index in [1.54, 1.807) is 19.2 Å². The van der Waals surface area contributed by atoms with Gasteiger partial charge in [-0.05, 0) is 32.4 Å². The Bertz CT molecular complexity index is 766. The molecule has 1 atom stereocenters. The molecule has 0 spiro atoms. The lowest BCUT2D eigenvalue weighted by Crippen LogP contribution is -2.30. The Balaban J connectivity index is 2.37. The standard InChI is InChI=1S/C17H21N3O3/c1-4-12-6-15(11(3)20-17(12)23)13-5-14(9-18-8-13)16(22)19-7-10(2)21/h5-6,8-10,21H,4,7H2,1-3H3,(H,19,22)(H,20,23)/t10-/m1/s1. The number of nitrogens with one attached hydrogen (secondary N) is 2. The second-order valence-electron chi connectivity index (χ2n) is 5.54. The molecule has 6 nitrogen and oxygen atoms in total. The second-order valence-corrected chi connectivity index (χ2v) is 5.54. The molecule has 122 valence electrons. The van der Waals surface area contributed by atoms with Crippen LogP contribution in [0.2, 0.25) is 0 Å². The number of hydrogen-bond acceptors (Lipinski definition) is 4. The number of aryl methyl sites for hydroxylation is 2. The first kappa shape index (κ1) is 16.9. The molecule has 0 saturated carbocycles. The molecule has 0 fully saturated rings. The first-order valence-corrected chi connectivity index (χ1v) is 7.56. The van der Waals surface area contributed by atoms with E-state index in [-0.39, 0.29) is 18.0 Å². The number of carbonyl (C=O) groups excluding carboxylic acids is 1. The molecular formula is C17H21N3O3. The van der Waals surface area contributed by atoms with Crippen molar-refractivity contribution >= 4 is 5.91 Å². The number of H-pyrrole nitrogens is 1. The van der Waals surface area contributed by atoms with Crippen molar-refractivity contribution in [2.45, 2.75) is 33.3 Å². The molecule has 2 aromatic heterocycles. The molecule has 6 heteroatoms. The number of aliphatic hydroxyl groups excluding tert-OH is 1. The zero-order chi connectivity index (χ0) is 17.0. The van der Waals surface area contributed by atoms with Crippen LogP contribution in [0.5, 0.6) is 0 Å². The summed E-state index contributed by atoms with van der Waals surface area (Å²) in [5.41, 5.74) is 3.35. The van der Waals surface area contributed by atoms with E-state index >= 15 is 0 Å². The molecule has 0 saturated heterocycles. The fourth-order valence-electron chi connectivity index (χ4n) is 2.28. The molecule has 2 heterocycles. The minimum Gasteiger partial charge on any atom is -0.392 e. The van der Waals surface area contributed by atoms with Crippen LogP contribution in [-0.2, 0) is 6.42 Å². The fraction of sp³-hybridized carbons (Fsp3) is 0.353. The lowest BCUT2D eigenvalue weighted by molar-refractivity contribution is 0.0923. The van der Waals surface area contributed by atoms with Crippen LogP contribution in [0, 0.1) is 6.92 Å². The molecule has 0 aliphatic heterocycles. The Hall–Kier alpha value is -2.47. The van der Waals surface area contributed by atoms with Crippen LogP contribution in [0.15, 0.2) is 29.3 Å². The van der Waals surface area contributed by atoms with Crippen LogP contribution in [0.4, 0.5) is 0 Å². The van der Waals surface area contributed by atoms with E-state index in [1.165, 1.54) is 6.20 Å². The summed E-state index contributed by atoms with van der Waals surface area (Å²) in [6, 6.07) is 3.56. The predicted molar refractivity (Wildman–Crippen MR) is 88.4 cm³/mol. The highest BCUT2D eigenvalue weighted by atomic mass is 16.3. The van der Waals surface area contributed by atoms with Crippen molar-refractivity contribution < 1.29 is 9.90 Å². The number of aromatic nitrogens is 2. The molecule has 2 aromatic rings. The molecule has 0 aliphatic carbocycles. The minimum atomic E-state index is -0.608. The maximum Gasteiger partial charge on any atom is 0.252 e.